The third-order valence-electron chi connectivity index (χ3n) is 4.26. The largest absolute Gasteiger partial charge is 0.370 e. The number of nitrogens with one attached hydrogen (secondary N) is 2. The lowest BCUT2D eigenvalue weighted by atomic mass is 9.95. The minimum Gasteiger partial charge on any atom is -0.370 e. The van der Waals surface area contributed by atoms with Gasteiger partial charge in [-0.1, -0.05) is 6.92 Å². The highest BCUT2D eigenvalue weighted by molar-refractivity contribution is 5.81. The fraction of sp³-hybridized carbons (Fsp3) is 0.824. The quantitative estimate of drug-likeness (QED) is 0.451. The fourth-order valence-corrected chi connectivity index (χ4v) is 2.85. The zero-order valence-corrected chi connectivity index (χ0v) is 15.3. The molecule has 7 heteroatoms. The SMILES string of the molecule is CCNC(=NCCC(=O)NC(C)CC)N1CCCC(CC(N)=O)C1. The molecule has 1 fully saturated rings. The Balaban J connectivity index is 2.55. The van der Waals surface area contributed by atoms with E-state index in [0.29, 0.717) is 19.4 Å². The summed E-state index contributed by atoms with van der Waals surface area (Å²) in [5.74, 6) is 0.900. The zero-order valence-electron chi connectivity index (χ0n) is 15.3. The number of likely N-dealkylation sites (tertiary alicyclic amines) is 1. The Hall–Kier alpha value is -1.79. The van der Waals surface area contributed by atoms with Crippen molar-refractivity contribution in [2.24, 2.45) is 16.6 Å². The Morgan fingerprint density at radius 3 is 2.75 bits per heavy atom. The van der Waals surface area contributed by atoms with Crippen LogP contribution in [-0.2, 0) is 9.59 Å². The van der Waals surface area contributed by atoms with Gasteiger partial charge < -0.3 is 21.3 Å². The number of carbonyl (C=O) groups is 2. The second-order valence-electron chi connectivity index (χ2n) is 6.49. The predicted molar refractivity (Wildman–Crippen MR) is 96.6 cm³/mol. The molecule has 0 bridgehead atoms. The van der Waals surface area contributed by atoms with Gasteiger partial charge in [0.15, 0.2) is 5.96 Å². The van der Waals surface area contributed by atoms with Gasteiger partial charge >= 0.3 is 0 Å². The van der Waals surface area contributed by atoms with Crippen LogP contribution in [0.4, 0.5) is 0 Å². The van der Waals surface area contributed by atoms with Crippen molar-refractivity contribution in [3.63, 3.8) is 0 Å². The van der Waals surface area contributed by atoms with Crippen LogP contribution < -0.4 is 16.4 Å². The van der Waals surface area contributed by atoms with Crippen molar-refractivity contribution < 1.29 is 9.59 Å². The smallest absolute Gasteiger partial charge is 0.222 e. The lowest BCUT2D eigenvalue weighted by molar-refractivity contribution is -0.121. The predicted octanol–water partition coefficient (Wildman–Crippen LogP) is 0.844. The number of nitrogens with two attached hydrogens (primary N) is 1. The maximum absolute atomic E-state index is 11.8. The number of piperidine rings is 1. The Bertz CT molecular complexity index is 439. The molecule has 1 aliphatic heterocycles. The van der Waals surface area contributed by atoms with Crippen LogP contribution in [0, 0.1) is 5.92 Å². The minimum atomic E-state index is -0.245. The first-order valence-corrected chi connectivity index (χ1v) is 9.07. The van der Waals surface area contributed by atoms with Gasteiger partial charge in [0.2, 0.25) is 11.8 Å². The summed E-state index contributed by atoms with van der Waals surface area (Å²) in [5, 5.41) is 6.23. The van der Waals surface area contributed by atoms with Crippen LogP contribution in [0.1, 0.15) is 52.9 Å². The first kappa shape index (κ1) is 20.3. The lowest BCUT2D eigenvalue weighted by Crippen LogP contribution is -2.47. The number of rotatable bonds is 8. The molecular weight excluding hydrogens is 306 g/mol. The van der Waals surface area contributed by atoms with Crippen LogP contribution in [0.25, 0.3) is 0 Å². The maximum atomic E-state index is 11.8. The van der Waals surface area contributed by atoms with Crippen LogP contribution in [0.3, 0.4) is 0 Å². The molecule has 1 saturated heterocycles. The molecule has 0 aromatic heterocycles. The molecule has 0 aromatic carbocycles. The van der Waals surface area contributed by atoms with E-state index >= 15 is 0 Å². The first-order valence-electron chi connectivity index (χ1n) is 9.07. The van der Waals surface area contributed by atoms with Crippen LogP contribution in [0.2, 0.25) is 0 Å². The van der Waals surface area contributed by atoms with E-state index in [0.717, 1.165) is 44.9 Å². The van der Waals surface area contributed by atoms with Gasteiger partial charge in [0, 0.05) is 38.5 Å². The first-order chi connectivity index (χ1) is 11.5. The van der Waals surface area contributed by atoms with Gasteiger partial charge in [-0.3, -0.25) is 14.6 Å². The molecule has 0 aliphatic carbocycles. The number of guanidine groups is 1. The van der Waals surface area contributed by atoms with E-state index < -0.39 is 0 Å². The van der Waals surface area contributed by atoms with Crippen molar-refractivity contribution in [2.45, 2.75) is 58.9 Å². The number of amides is 2. The van der Waals surface area contributed by atoms with Gasteiger partial charge in [-0.15, -0.1) is 0 Å². The van der Waals surface area contributed by atoms with Gasteiger partial charge in [0.05, 0.1) is 6.54 Å². The maximum Gasteiger partial charge on any atom is 0.222 e. The number of carbonyl (C=O) groups excluding carboxylic acids is 2. The minimum absolute atomic E-state index is 0.0363. The zero-order chi connectivity index (χ0) is 17.9. The Morgan fingerprint density at radius 1 is 1.38 bits per heavy atom. The molecule has 4 N–H and O–H groups in total. The van der Waals surface area contributed by atoms with Crippen molar-refractivity contribution in [3.05, 3.63) is 0 Å². The molecule has 24 heavy (non-hydrogen) atoms. The van der Waals surface area contributed by atoms with Gasteiger partial charge in [-0.2, -0.15) is 0 Å². The summed E-state index contributed by atoms with van der Waals surface area (Å²) in [7, 11) is 0. The molecule has 1 heterocycles. The standard InChI is InChI=1S/C17H33N5O2/c1-4-13(3)21-16(24)8-9-20-17(19-5-2)22-10-6-7-14(12-22)11-15(18)23/h13-14H,4-12H2,1-3H3,(H2,18,23)(H,19,20)(H,21,24). The molecule has 0 radical (unpaired) electrons. The Labute approximate surface area is 145 Å². The van der Waals surface area contributed by atoms with E-state index in [2.05, 4.69) is 20.5 Å². The Kier molecular flexibility index (Phi) is 9.19. The second-order valence-corrected chi connectivity index (χ2v) is 6.49. The molecule has 7 nitrogen and oxygen atoms in total. The summed E-state index contributed by atoms with van der Waals surface area (Å²) in [6, 6.07) is 0.200. The summed E-state index contributed by atoms with van der Waals surface area (Å²) < 4.78 is 0. The fourth-order valence-electron chi connectivity index (χ4n) is 2.85. The summed E-state index contributed by atoms with van der Waals surface area (Å²) in [6.45, 7) is 9.00. The van der Waals surface area contributed by atoms with E-state index in [9.17, 15) is 9.59 Å². The summed E-state index contributed by atoms with van der Waals surface area (Å²) >= 11 is 0. The molecule has 138 valence electrons. The lowest BCUT2D eigenvalue weighted by Gasteiger charge is -2.34. The molecule has 2 amide bonds. The number of nitrogens with zero attached hydrogens (tertiary/aromatic N) is 2. The number of hydrogen-bond acceptors (Lipinski definition) is 3. The third-order valence-corrected chi connectivity index (χ3v) is 4.26. The normalized spacial score (nSPS) is 19.7. The number of primary amides is 1. The third kappa shape index (κ3) is 7.66. The van der Waals surface area contributed by atoms with Crippen molar-refractivity contribution in [1.82, 2.24) is 15.5 Å². The molecule has 1 aliphatic rings. The molecule has 1 rings (SSSR count). The summed E-state index contributed by atoms with van der Waals surface area (Å²) in [6.07, 6.45) is 3.78. The van der Waals surface area contributed by atoms with E-state index in [-0.39, 0.29) is 23.8 Å². The molecule has 2 unspecified atom stereocenters. The van der Waals surface area contributed by atoms with E-state index in [4.69, 9.17) is 5.73 Å². The monoisotopic (exact) mass is 339 g/mol. The molecular formula is C17H33N5O2. The second kappa shape index (κ2) is 10.9. The van der Waals surface area contributed by atoms with Crippen molar-refractivity contribution in [1.29, 1.82) is 0 Å². The van der Waals surface area contributed by atoms with Crippen molar-refractivity contribution in [3.8, 4) is 0 Å². The van der Waals surface area contributed by atoms with Crippen molar-refractivity contribution >= 4 is 17.8 Å². The average molecular weight is 339 g/mol. The number of hydrogen-bond donors (Lipinski definition) is 3. The van der Waals surface area contributed by atoms with E-state index in [1.165, 1.54) is 0 Å². The van der Waals surface area contributed by atoms with Crippen LogP contribution >= 0.6 is 0 Å². The Morgan fingerprint density at radius 2 is 2.12 bits per heavy atom. The van der Waals surface area contributed by atoms with Crippen LogP contribution in [-0.4, -0.2) is 54.9 Å². The van der Waals surface area contributed by atoms with Crippen LogP contribution in [0.15, 0.2) is 4.99 Å². The molecule has 0 saturated carbocycles. The highest BCUT2D eigenvalue weighted by atomic mass is 16.2. The summed E-state index contributed by atoms with van der Waals surface area (Å²) in [5.41, 5.74) is 5.32. The van der Waals surface area contributed by atoms with Gasteiger partial charge in [0.1, 0.15) is 0 Å². The van der Waals surface area contributed by atoms with Gasteiger partial charge in [-0.05, 0) is 39.0 Å². The topological polar surface area (TPSA) is 99.8 Å². The van der Waals surface area contributed by atoms with Crippen LogP contribution in [0.5, 0.6) is 0 Å². The van der Waals surface area contributed by atoms with Crippen molar-refractivity contribution in [2.75, 3.05) is 26.2 Å². The molecule has 0 spiro atoms. The average Bonchev–Trinajstić information content (AvgIpc) is 2.53. The van der Waals surface area contributed by atoms with Gasteiger partial charge in [-0.25, -0.2) is 0 Å². The number of aliphatic imine (C=N–C) groups is 1. The highest BCUT2D eigenvalue weighted by Gasteiger charge is 2.23. The highest BCUT2D eigenvalue weighted by Crippen LogP contribution is 2.19. The van der Waals surface area contributed by atoms with Gasteiger partial charge in [0.25, 0.3) is 0 Å². The van der Waals surface area contributed by atoms with E-state index in [1.807, 2.05) is 20.8 Å². The van der Waals surface area contributed by atoms with E-state index in [1.54, 1.807) is 0 Å². The summed E-state index contributed by atoms with van der Waals surface area (Å²) in [4.78, 5) is 29.7. The molecule has 2 atom stereocenters. The molecule has 0 aromatic rings.